The first-order valence-electron chi connectivity index (χ1n) is 14.8. The minimum atomic E-state index is -1.27. The number of benzene rings is 4. The predicted octanol–water partition coefficient (Wildman–Crippen LogP) is 6.48. The Morgan fingerprint density at radius 1 is 0.936 bits per heavy atom. The first-order valence-corrected chi connectivity index (χ1v) is 15.2. The lowest BCUT2D eigenvalue weighted by atomic mass is 9.96. The lowest BCUT2D eigenvalue weighted by molar-refractivity contribution is -0.149. The van der Waals surface area contributed by atoms with Crippen LogP contribution in [0.3, 0.4) is 0 Å². The second kappa shape index (κ2) is 14.9. The van der Waals surface area contributed by atoms with Gasteiger partial charge in [-0.3, -0.25) is 14.5 Å². The highest BCUT2D eigenvalue weighted by Crippen LogP contribution is 2.38. The number of carboxylic acids is 2. The number of likely N-dealkylation sites (N-methyl/N-ethyl adjacent to an activating group) is 1. The molecular formula is C36H33ClN2O8. The normalized spacial score (nSPS) is 12.7. The fourth-order valence-corrected chi connectivity index (χ4v) is 5.57. The number of halogens is 1. The summed E-state index contributed by atoms with van der Waals surface area (Å²) in [4.78, 5) is 24.6. The van der Waals surface area contributed by atoms with Gasteiger partial charge in [-0.2, -0.15) is 5.26 Å². The van der Waals surface area contributed by atoms with Crippen LogP contribution in [0.1, 0.15) is 34.2 Å². The van der Waals surface area contributed by atoms with Gasteiger partial charge in [0.05, 0.1) is 23.1 Å². The fourth-order valence-electron chi connectivity index (χ4n) is 5.33. The van der Waals surface area contributed by atoms with Gasteiger partial charge in [0.2, 0.25) is 0 Å². The monoisotopic (exact) mass is 656 g/mol. The van der Waals surface area contributed by atoms with Gasteiger partial charge in [0, 0.05) is 18.2 Å². The highest BCUT2D eigenvalue weighted by molar-refractivity contribution is 6.32. The Kier molecular flexibility index (Phi) is 10.5. The third kappa shape index (κ3) is 8.14. The quantitative estimate of drug-likeness (QED) is 0.164. The molecule has 0 fully saturated rings. The molecule has 242 valence electrons. The van der Waals surface area contributed by atoms with Crippen molar-refractivity contribution in [3.63, 3.8) is 0 Å². The minimum Gasteiger partial charge on any atom is -0.488 e. The Morgan fingerprint density at radius 3 is 2.43 bits per heavy atom. The lowest BCUT2D eigenvalue weighted by Crippen LogP contribution is -2.39. The molecule has 4 aromatic carbocycles. The molecule has 10 nitrogen and oxygen atoms in total. The Morgan fingerprint density at radius 2 is 1.68 bits per heavy atom. The van der Waals surface area contributed by atoms with Crippen molar-refractivity contribution in [1.82, 2.24) is 4.90 Å². The van der Waals surface area contributed by atoms with Gasteiger partial charge in [-0.25, -0.2) is 0 Å². The van der Waals surface area contributed by atoms with E-state index in [4.69, 9.17) is 30.5 Å². The summed E-state index contributed by atoms with van der Waals surface area (Å²) in [5, 5.41) is 28.5. The molecule has 4 aromatic rings. The number of nitriles is 1. The van der Waals surface area contributed by atoms with Crippen molar-refractivity contribution in [2.75, 3.05) is 20.3 Å². The maximum atomic E-state index is 11.8. The number of carbonyl (C=O) groups is 2. The van der Waals surface area contributed by atoms with Crippen LogP contribution in [0.2, 0.25) is 5.02 Å². The second-order valence-electron chi connectivity index (χ2n) is 11.1. The van der Waals surface area contributed by atoms with Gasteiger partial charge in [-0.05, 0) is 72.1 Å². The van der Waals surface area contributed by atoms with Gasteiger partial charge in [-0.15, -0.1) is 0 Å². The van der Waals surface area contributed by atoms with Crippen molar-refractivity contribution in [2.24, 2.45) is 0 Å². The van der Waals surface area contributed by atoms with E-state index in [0.717, 1.165) is 33.6 Å². The van der Waals surface area contributed by atoms with Gasteiger partial charge in [-0.1, -0.05) is 48.0 Å². The summed E-state index contributed by atoms with van der Waals surface area (Å²) in [6.45, 7) is 3.39. The van der Waals surface area contributed by atoms with Crippen molar-refractivity contribution < 1.29 is 38.7 Å². The van der Waals surface area contributed by atoms with E-state index in [1.165, 1.54) is 11.9 Å². The van der Waals surface area contributed by atoms with Gasteiger partial charge >= 0.3 is 11.9 Å². The molecule has 0 amide bonds. The van der Waals surface area contributed by atoms with Crippen molar-refractivity contribution in [1.29, 1.82) is 5.26 Å². The number of hydrogen-bond acceptors (Lipinski definition) is 8. The molecule has 1 aliphatic rings. The van der Waals surface area contributed by atoms with Crippen molar-refractivity contribution in [3.8, 4) is 40.2 Å². The van der Waals surface area contributed by atoms with Gasteiger partial charge in [0.15, 0.2) is 11.5 Å². The number of rotatable bonds is 13. The third-order valence-electron chi connectivity index (χ3n) is 7.85. The highest BCUT2D eigenvalue weighted by atomic mass is 35.5. The summed E-state index contributed by atoms with van der Waals surface area (Å²) in [5.74, 6) is -0.337. The predicted molar refractivity (Wildman–Crippen MR) is 174 cm³/mol. The third-order valence-corrected chi connectivity index (χ3v) is 8.15. The molecule has 1 aliphatic heterocycles. The Hall–Kier alpha value is -5.24. The maximum Gasteiger partial charge on any atom is 0.321 e. The van der Waals surface area contributed by atoms with Crippen LogP contribution in [0.15, 0.2) is 72.8 Å². The van der Waals surface area contributed by atoms with Crippen LogP contribution in [0.5, 0.6) is 23.0 Å². The number of hydrogen-bond donors (Lipinski definition) is 2. The van der Waals surface area contributed by atoms with E-state index in [2.05, 4.69) is 6.07 Å². The molecule has 1 atom stereocenters. The maximum absolute atomic E-state index is 11.8. The summed E-state index contributed by atoms with van der Waals surface area (Å²) in [5.41, 5.74) is 5.73. The summed E-state index contributed by atoms with van der Waals surface area (Å²) >= 11 is 6.70. The summed E-state index contributed by atoms with van der Waals surface area (Å²) < 4.78 is 23.8. The van der Waals surface area contributed by atoms with Crippen LogP contribution in [0.25, 0.3) is 11.1 Å². The van der Waals surface area contributed by atoms with Crippen LogP contribution in [-0.2, 0) is 29.3 Å². The summed E-state index contributed by atoms with van der Waals surface area (Å²) in [7, 11) is 1.53. The fraction of sp³-hybridized carbons (Fsp3) is 0.250. The minimum absolute atomic E-state index is 0.0362. The van der Waals surface area contributed by atoms with E-state index in [0.29, 0.717) is 41.6 Å². The van der Waals surface area contributed by atoms with Gasteiger partial charge < -0.3 is 29.2 Å². The van der Waals surface area contributed by atoms with Crippen LogP contribution in [-0.4, -0.2) is 53.4 Å². The Bertz CT molecular complexity index is 1840. The van der Waals surface area contributed by atoms with Crippen molar-refractivity contribution in [3.05, 3.63) is 106 Å². The SMILES string of the molecule is Cc1c(COc2cc(OCc3cccc(C#N)c3)c(CN(C)[C@@H](CC(=O)O)C(=O)O)cc2Cl)cccc1-c1ccc2c(c1)OCCO2. The molecule has 2 N–H and O–H groups in total. The second-order valence-corrected chi connectivity index (χ2v) is 11.5. The molecule has 11 heteroatoms. The molecule has 47 heavy (non-hydrogen) atoms. The number of fused-ring (bicyclic) bond motifs is 1. The molecule has 0 radical (unpaired) electrons. The van der Waals surface area contributed by atoms with Gasteiger partial charge in [0.25, 0.3) is 0 Å². The largest absolute Gasteiger partial charge is 0.488 e. The average Bonchev–Trinajstić information content (AvgIpc) is 3.06. The molecule has 0 bridgehead atoms. The van der Waals surface area contributed by atoms with E-state index in [1.807, 2.05) is 49.4 Å². The Balaban J connectivity index is 1.40. The molecule has 0 aliphatic carbocycles. The zero-order valence-corrected chi connectivity index (χ0v) is 26.6. The van der Waals surface area contributed by atoms with Crippen LogP contribution in [0, 0.1) is 18.3 Å². The molecule has 5 rings (SSSR count). The zero-order valence-electron chi connectivity index (χ0n) is 25.9. The standard InChI is InChI=1S/C36H33ClN2O8/c1-22-26(7-4-8-28(22)25-9-10-31-34(15-25)45-12-11-44-31)21-47-33-17-32(46-20-24-6-3-5-23(13-24)18-38)27(14-29(33)37)19-39(2)30(36(42)43)16-35(40)41/h3-10,13-15,17,30H,11-12,16,19-21H2,1-2H3,(H,40,41)(H,42,43)/t30-/m0/s1. The molecule has 0 saturated heterocycles. The van der Waals surface area contributed by atoms with E-state index in [1.54, 1.807) is 30.3 Å². The first-order chi connectivity index (χ1) is 22.6. The van der Waals surface area contributed by atoms with E-state index in [9.17, 15) is 25.1 Å². The van der Waals surface area contributed by atoms with E-state index >= 15 is 0 Å². The summed E-state index contributed by atoms with van der Waals surface area (Å²) in [6.07, 6.45) is -0.581. The van der Waals surface area contributed by atoms with Crippen LogP contribution >= 0.6 is 11.6 Å². The highest BCUT2D eigenvalue weighted by Gasteiger charge is 2.27. The lowest BCUT2D eigenvalue weighted by Gasteiger charge is -2.25. The van der Waals surface area contributed by atoms with Crippen LogP contribution in [0.4, 0.5) is 0 Å². The first kappa shape index (κ1) is 33.1. The summed E-state index contributed by atoms with van der Waals surface area (Å²) in [6, 6.07) is 22.9. The number of nitrogens with zero attached hydrogens (tertiary/aromatic N) is 2. The molecular weight excluding hydrogens is 624 g/mol. The smallest absolute Gasteiger partial charge is 0.321 e. The Labute approximate surface area is 277 Å². The average molecular weight is 657 g/mol. The van der Waals surface area contributed by atoms with E-state index in [-0.39, 0.29) is 24.8 Å². The molecule has 0 saturated carbocycles. The molecule has 1 heterocycles. The van der Waals surface area contributed by atoms with E-state index < -0.39 is 24.4 Å². The number of aliphatic carboxylic acids is 2. The van der Waals surface area contributed by atoms with Crippen molar-refractivity contribution in [2.45, 2.75) is 39.1 Å². The molecule has 0 aromatic heterocycles. The van der Waals surface area contributed by atoms with Crippen LogP contribution < -0.4 is 18.9 Å². The zero-order chi connectivity index (χ0) is 33.5. The van der Waals surface area contributed by atoms with Gasteiger partial charge in [0.1, 0.15) is 44.0 Å². The number of carboxylic acid groups (broad SMARTS) is 2. The van der Waals surface area contributed by atoms with Crippen molar-refractivity contribution >= 4 is 23.5 Å². The topological polar surface area (TPSA) is 139 Å². The number of ether oxygens (including phenoxy) is 4. The molecule has 0 spiro atoms. The molecule has 0 unspecified atom stereocenters.